The van der Waals surface area contributed by atoms with Crippen LogP contribution < -0.4 is 27.3 Å². The summed E-state index contributed by atoms with van der Waals surface area (Å²) in [7, 11) is 0. The van der Waals surface area contributed by atoms with Crippen molar-refractivity contribution in [2.24, 2.45) is 0 Å². The number of benzene rings is 2. The molecule has 1 N–H and O–H groups in total. The average Bonchev–Trinajstić information content (AvgIpc) is 2.81. The highest BCUT2D eigenvalue weighted by molar-refractivity contribution is 5.75. The molecule has 0 fully saturated rings. The molecule has 0 unspecified atom stereocenters. The molecule has 5 heteroatoms. The molecule has 0 aliphatic heterocycles. The van der Waals surface area contributed by atoms with E-state index in [0.29, 0.717) is 18.8 Å². The van der Waals surface area contributed by atoms with Crippen LogP contribution in [-0.4, -0.2) is 15.7 Å². The lowest BCUT2D eigenvalue weighted by Crippen LogP contribution is -3.00. The largest absolute Gasteiger partial charge is 1.00 e. The van der Waals surface area contributed by atoms with Gasteiger partial charge in [0.05, 0.1) is 17.6 Å². The Morgan fingerprint density at radius 1 is 0.958 bits per heavy atom. The number of fused-ring (bicyclic) bond motifs is 1. The number of aryl methyl sites for hydroxylation is 2. The molecule has 0 atom stereocenters. The highest BCUT2D eigenvalue weighted by Crippen LogP contribution is 2.15. The standard InChI is InChI=1S/C19H23N3O.BrH/c1-3-11-21-17-9-4-5-10-18(17)22(19(21)20)12-13-23-16-8-6-7-15(2)14-16;/h4-10,14,20H,3,11-13H2,1-2H3;1H/p-1. The highest BCUT2D eigenvalue weighted by atomic mass is 79.9. The maximum atomic E-state index is 8.47. The van der Waals surface area contributed by atoms with Crippen LogP contribution in [0.15, 0.2) is 48.5 Å². The summed E-state index contributed by atoms with van der Waals surface area (Å²) in [6, 6.07) is 16.3. The van der Waals surface area contributed by atoms with E-state index in [1.165, 1.54) is 5.56 Å². The summed E-state index contributed by atoms with van der Waals surface area (Å²) in [6.07, 6.45) is 1.02. The topological polar surface area (TPSA) is 42.9 Å². The number of aromatic nitrogens is 2. The van der Waals surface area contributed by atoms with Gasteiger partial charge in [-0.25, -0.2) is 0 Å². The van der Waals surface area contributed by atoms with E-state index >= 15 is 0 Å². The first-order valence-corrected chi connectivity index (χ1v) is 8.13. The van der Waals surface area contributed by atoms with Crippen LogP contribution >= 0.6 is 0 Å². The second-order valence-electron chi connectivity index (χ2n) is 5.78. The van der Waals surface area contributed by atoms with Crippen LogP contribution in [-0.2, 0) is 13.1 Å². The van der Waals surface area contributed by atoms with Gasteiger partial charge in [-0.05, 0) is 43.2 Å². The van der Waals surface area contributed by atoms with Gasteiger partial charge in [0.25, 0.3) is 0 Å². The third kappa shape index (κ3) is 3.73. The Morgan fingerprint density at radius 3 is 2.25 bits per heavy atom. The Labute approximate surface area is 153 Å². The quantitative estimate of drug-likeness (QED) is 0.664. The van der Waals surface area contributed by atoms with E-state index in [-0.39, 0.29) is 17.0 Å². The molecule has 3 rings (SSSR count). The Balaban J connectivity index is 0.00000208. The number of nitrogens with zero attached hydrogens (tertiary/aromatic N) is 2. The normalized spacial score (nSPS) is 10.6. The molecule has 0 aliphatic carbocycles. The Hall–Kier alpha value is -2.01. The monoisotopic (exact) mass is 388 g/mol. The van der Waals surface area contributed by atoms with E-state index in [2.05, 4.69) is 36.6 Å². The fourth-order valence-electron chi connectivity index (χ4n) is 2.93. The zero-order valence-corrected chi connectivity index (χ0v) is 15.7. The molecule has 3 aromatic rings. The minimum Gasteiger partial charge on any atom is -1.00 e. The molecule has 1 heterocycles. The second kappa shape index (κ2) is 8.20. The van der Waals surface area contributed by atoms with Gasteiger partial charge in [-0.15, -0.1) is 0 Å². The Bertz CT molecular complexity index is 866. The fourth-order valence-corrected chi connectivity index (χ4v) is 2.93. The molecule has 0 saturated heterocycles. The van der Waals surface area contributed by atoms with Gasteiger partial charge in [-0.1, -0.05) is 31.2 Å². The summed E-state index contributed by atoms with van der Waals surface area (Å²) in [5.41, 5.74) is 3.95. The van der Waals surface area contributed by atoms with Crippen LogP contribution in [0.4, 0.5) is 0 Å². The zero-order valence-electron chi connectivity index (χ0n) is 14.1. The molecule has 0 radical (unpaired) electrons. The summed E-state index contributed by atoms with van der Waals surface area (Å²) in [5, 5.41) is 8.47. The Morgan fingerprint density at radius 2 is 1.62 bits per heavy atom. The minimum atomic E-state index is 0. The third-order valence-electron chi connectivity index (χ3n) is 4.00. The number of hydrogen-bond acceptors (Lipinski definition) is 2. The van der Waals surface area contributed by atoms with Crippen LogP contribution in [0.3, 0.4) is 0 Å². The van der Waals surface area contributed by atoms with E-state index in [0.717, 1.165) is 29.7 Å². The van der Waals surface area contributed by atoms with Gasteiger partial charge >= 0.3 is 0 Å². The number of hydrogen-bond donors (Lipinski definition) is 1. The summed E-state index contributed by atoms with van der Waals surface area (Å²) in [5.74, 6) is 0.884. The molecule has 0 amide bonds. The van der Waals surface area contributed by atoms with Crippen molar-refractivity contribution in [3.05, 3.63) is 59.7 Å². The summed E-state index contributed by atoms with van der Waals surface area (Å²) in [4.78, 5) is 0. The average molecular weight is 389 g/mol. The number of para-hydroxylation sites is 2. The van der Waals surface area contributed by atoms with Crippen molar-refractivity contribution in [1.29, 1.82) is 5.41 Å². The van der Waals surface area contributed by atoms with Crippen LogP contribution in [0.5, 0.6) is 5.75 Å². The number of nitrogens with one attached hydrogen (secondary N) is 1. The van der Waals surface area contributed by atoms with Crippen molar-refractivity contribution in [3.63, 3.8) is 0 Å². The molecule has 2 aromatic carbocycles. The lowest BCUT2D eigenvalue weighted by atomic mass is 10.2. The number of halogens is 1. The summed E-state index contributed by atoms with van der Waals surface area (Å²) in [6.45, 7) is 6.29. The maximum Gasteiger partial charge on any atom is 0.203 e. The maximum absolute atomic E-state index is 8.47. The molecular formula is C19H23BrN3O-. The van der Waals surface area contributed by atoms with Gasteiger partial charge in [0, 0.05) is 6.54 Å². The van der Waals surface area contributed by atoms with Crippen molar-refractivity contribution in [1.82, 2.24) is 9.13 Å². The number of rotatable bonds is 6. The van der Waals surface area contributed by atoms with Gasteiger partial charge in [0.15, 0.2) is 0 Å². The predicted octanol–water partition coefficient (Wildman–Crippen LogP) is 0.724. The molecule has 0 spiro atoms. The van der Waals surface area contributed by atoms with Crippen LogP contribution in [0.25, 0.3) is 11.0 Å². The van der Waals surface area contributed by atoms with Crippen molar-refractivity contribution in [2.45, 2.75) is 33.4 Å². The van der Waals surface area contributed by atoms with E-state index in [1.807, 2.05) is 34.9 Å². The molecule has 128 valence electrons. The first-order chi connectivity index (χ1) is 11.2. The summed E-state index contributed by atoms with van der Waals surface area (Å²) < 4.78 is 9.95. The molecule has 24 heavy (non-hydrogen) atoms. The van der Waals surface area contributed by atoms with Crippen LogP contribution in [0, 0.1) is 12.3 Å². The van der Waals surface area contributed by atoms with Crippen molar-refractivity contribution < 1.29 is 21.7 Å². The fraction of sp³-hybridized carbons (Fsp3) is 0.316. The second-order valence-corrected chi connectivity index (χ2v) is 5.78. The molecule has 0 bridgehead atoms. The first kappa shape index (κ1) is 18.3. The van der Waals surface area contributed by atoms with E-state index in [9.17, 15) is 0 Å². The third-order valence-corrected chi connectivity index (χ3v) is 4.00. The molecular weight excluding hydrogens is 366 g/mol. The summed E-state index contributed by atoms with van der Waals surface area (Å²) >= 11 is 0. The minimum absolute atomic E-state index is 0. The van der Waals surface area contributed by atoms with E-state index in [1.54, 1.807) is 0 Å². The molecule has 4 nitrogen and oxygen atoms in total. The van der Waals surface area contributed by atoms with Gasteiger partial charge in [0.2, 0.25) is 5.62 Å². The SMILES string of the molecule is CCCn1c(=N)n(CCOc2cccc(C)c2)c2ccccc21.[Br-]. The smallest absolute Gasteiger partial charge is 0.203 e. The predicted molar refractivity (Wildman–Crippen MR) is 92.7 cm³/mol. The van der Waals surface area contributed by atoms with Gasteiger partial charge in [-0.2, -0.15) is 0 Å². The molecule has 1 aromatic heterocycles. The molecule has 0 saturated carbocycles. The molecule has 0 aliphatic rings. The number of imidazole rings is 1. The van der Waals surface area contributed by atoms with Crippen LogP contribution in [0.1, 0.15) is 18.9 Å². The zero-order chi connectivity index (χ0) is 16.2. The van der Waals surface area contributed by atoms with E-state index < -0.39 is 0 Å². The first-order valence-electron chi connectivity index (χ1n) is 8.13. The van der Waals surface area contributed by atoms with Gasteiger partial charge in [0.1, 0.15) is 12.4 Å². The lowest BCUT2D eigenvalue weighted by molar-refractivity contribution is -0.00000554. The Kier molecular flexibility index (Phi) is 6.26. The van der Waals surface area contributed by atoms with Crippen molar-refractivity contribution >= 4 is 11.0 Å². The van der Waals surface area contributed by atoms with Crippen molar-refractivity contribution in [2.75, 3.05) is 6.61 Å². The van der Waals surface area contributed by atoms with Gasteiger partial charge in [-0.3, -0.25) is 5.41 Å². The van der Waals surface area contributed by atoms with Crippen molar-refractivity contribution in [3.8, 4) is 5.75 Å². The highest BCUT2D eigenvalue weighted by Gasteiger charge is 2.09. The number of ether oxygens (including phenoxy) is 1. The van der Waals surface area contributed by atoms with Crippen LogP contribution in [0.2, 0.25) is 0 Å². The lowest BCUT2D eigenvalue weighted by Gasteiger charge is -2.08. The van der Waals surface area contributed by atoms with Gasteiger partial charge < -0.3 is 30.9 Å². The van der Waals surface area contributed by atoms with E-state index in [4.69, 9.17) is 10.1 Å².